The fourth-order valence-corrected chi connectivity index (χ4v) is 3.40. The lowest BCUT2D eigenvalue weighted by atomic mass is 10.1. The number of aliphatic imine (C=N–C) groups is 1. The first-order chi connectivity index (χ1) is 14.6. The van der Waals surface area contributed by atoms with Gasteiger partial charge in [-0.05, 0) is 55.8 Å². The molecule has 7 nitrogen and oxygen atoms in total. The van der Waals surface area contributed by atoms with Crippen LogP contribution >= 0.6 is 0 Å². The molecule has 154 valence electrons. The third-order valence-corrected chi connectivity index (χ3v) is 4.96. The fraction of sp³-hybridized carbons (Fsp3) is 0.217. The van der Waals surface area contributed by atoms with Gasteiger partial charge in [0.05, 0.1) is 30.0 Å². The van der Waals surface area contributed by atoms with E-state index in [1.807, 2.05) is 67.3 Å². The van der Waals surface area contributed by atoms with Crippen molar-refractivity contribution in [1.29, 1.82) is 0 Å². The summed E-state index contributed by atoms with van der Waals surface area (Å²) in [4.78, 5) is 10.8. The van der Waals surface area contributed by atoms with Crippen molar-refractivity contribution in [2.45, 2.75) is 26.6 Å². The molecule has 1 aliphatic heterocycles. The van der Waals surface area contributed by atoms with Crippen LogP contribution in [0.2, 0.25) is 0 Å². The molecule has 30 heavy (non-hydrogen) atoms. The van der Waals surface area contributed by atoms with E-state index in [9.17, 15) is 0 Å². The van der Waals surface area contributed by atoms with E-state index < -0.39 is 6.17 Å². The Labute approximate surface area is 176 Å². The predicted octanol–water partition coefficient (Wildman–Crippen LogP) is 4.09. The average Bonchev–Trinajstić information content (AvgIpc) is 2.75. The van der Waals surface area contributed by atoms with Gasteiger partial charge in [0.15, 0.2) is 0 Å². The number of anilines is 2. The second-order valence-corrected chi connectivity index (χ2v) is 7.04. The van der Waals surface area contributed by atoms with E-state index in [-0.39, 0.29) is 0 Å². The van der Waals surface area contributed by atoms with Gasteiger partial charge in [0.1, 0.15) is 24.3 Å². The van der Waals surface area contributed by atoms with Crippen molar-refractivity contribution in [2.75, 3.05) is 17.2 Å². The van der Waals surface area contributed by atoms with Crippen LogP contribution in [-0.2, 0) is 6.61 Å². The smallest absolute Gasteiger partial charge is 0.144 e. The lowest BCUT2D eigenvalue weighted by molar-refractivity contribution is 0.299. The van der Waals surface area contributed by atoms with E-state index in [1.54, 1.807) is 12.5 Å². The van der Waals surface area contributed by atoms with Gasteiger partial charge in [0.25, 0.3) is 0 Å². The van der Waals surface area contributed by atoms with Crippen molar-refractivity contribution in [3.8, 4) is 11.5 Å². The van der Waals surface area contributed by atoms with E-state index in [4.69, 9.17) is 20.9 Å². The largest absolute Gasteiger partial charge is 0.492 e. The summed E-state index contributed by atoms with van der Waals surface area (Å²) in [7, 11) is 0. The van der Waals surface area contributed by atoms with Gasteiger partial charge in [-0.3, -0.25) is 4.98 Å². The molecule has 4 N–H and O–H groups in total. The topological polar surface area (TPSA) is 99.0 Å². The Balaban J connectivity index is 1.54. The molecule has 2 aromatic carbocycles. The van der Waals surface area contributed by atoms with Crippen LogP contribution in [0.25, 0.3) is 0 Å². The van der Waals surface area contributed by atoms with Gasteiger partial charge < -0.3 is 25.8 Å². The molecule has 0 bridgehead atoms. The maximum absolute atomic E-state index is 6.54. The van der Waals surface area contributed by atoms with Crippen molar-refractivity contribution < 1.29 is 9.47 Å². The molecule has 3 aromatic rings. The normalized spacial score (nSPS) is 15.0. The van der Waals surface area contributed by atoms with E-state index in [2.05, 4.69) is 9.98 Å². The number of pyridine rings is 1. The highest BCUT2D eigenvalue weighted by atomic mass is 16.5. The van der Waals surface area contributed by atoms with E-state index in [0.29, 0.717) is 24.7 Å². The number of rotatable bonds is 6. The molecular weight excluding hydrogens is 378 g/mol. The number of fused-ring (bicyclic) bond motifs is 1. The van der Waals surface area contributed by atoms with Crippen LogP contribution < -0.4 is 25.8 Å². The Morgan fingerprint density at radius 1 is 1.07 bits per heavy atom. The number of hydrogen-bond acceptors (Lipinski definition) is 7. The summed E-state index contributed by atoms with van der Waals surface area (Å²) in [6.07, 6.45) is 3.09. The molecule has 0 saturated carbocycles. The van der Waals surface area contributed by atoms with Gasteiger partial charge in [-0.15, -0.1) is 0 Å². The number of nitrogen functional groups attached to an aromatic ring is 1. The molecule has 0 fully saturated rings. The van der Waals surface area contributed by atoms with Crippen LogP contribution in [0.4, 0.5) is 17.1 Å². The first kappa shape index (κ1) is 19.7. The summed E-state index contributed by atoms with van der Waals surface area (Å²) < 4.78 is 11.5. The van der Waals surface area contributed by atoms with Crippen molar-refractivity contribution in [3.63, 3.8) is 0 Å². The summed E-state index contributed by atoms with van der Waals surface area (Å²) >= 11 is 0. The Kier molecular flexibility index (Phi) is 5.54. The minimum Gasteiger partial charge on any atom is -0.492 e. The summed E-state index contributed by atoms with van der Waals surface area (Å²) in [6, 6.07) is 15.4. The Hall–Kier alpha value is -3.58. The SMILES string of the molecule is CCOc1cc2c(cc1N)C(N)N(c1ccc(OCc3ccccn3)c(C)c1)C=N2. The zero-order chi connectivity index (χ0) is 21.1. The summed E-state index contributed by atoms with van der Waals surface area (Å²) in [6.45, 7) is 4.88. The number of nitrogens with zero attached hydrogens (tertiary/aromatic N) is 3. The molecule has 0 spiro atoms. The van der Waals surface area contributed by atoms with Crippen LogP contribution in [0.15, 0.2) is 59.7 Å². The molecule has 0 amide bonds. The lowest BCUT2D eigenvalue weighted by Gasteiger charge is -2.32. The molecule has 1 aliphatic rings. The van der Waals surface area contributed by atoms with E-state index in [0.717, 1.165) is 33.9 Å². The maximum atomic E-state index is 6.54. The first-order valence-electron chi connectivity index (χ1n) is 9.84. The van der Waals surface area contributed by atoms with Gasteiger partial charge in [-0.25, -0.2) is 4.99 Å². The molecule has 0 saturated heterocycles. The first-order valence-corrected chi connectivity index (χ1v) is 9.84. The second-order valence-electron chi connectivity index (χ2n) is 7.04. The predicted molar refractivity (Wildman–Crippen MR) is 119 cm³/mol. The van der Waals surface area contributed by atoms with Gasteiger partial charge in [0, 0.05) is 23.5 Å². The van der Waals surface area contributed by atoms with Crippen LogP contribution in [0, 0.1) is 6.92 Å². The van der Waals surface area contributed by atoms with Gasteiger partial charge in [0.2, 0.25) is 0 Å². The van der Waals surface area contributed by atoms with Crippen molar-refractivity contribution in [2.24, 2.45) is 10.7 Å². The van der Waals surface area contributed by atoms with Crippen LogP contribution in [-0.4, -0.2) is 17.9 Å². The maximum Gasteiger partial charge on any atom is 0.144 e. The Bertz CT molecular complexity index is 1070. The monoisotopic (exact) mass is 403 g/mol. The molecule has 1 aromatic heterocycles. The second kappa shape index (κ2) is 8.42. The quantitative estimate of drug-likeness (QED) is 0.602. The number of aryl methyl sites for hydroxylation is 1. The van der Waals surface area contributed by atoms with Gasteiger partial charge in [-0.2, -0.15) is 0 Å². The summed E-state index contributed by atoms with van der Waals surface area (Å²) in [5.41, 5.74) is 17.6. The Morgan fingerprint density at radius 2 is 1.93 bits per heavy atom. The molecule has 0 aliphatic carbocycles. The summed E-state index contributed by atoms with van der Waals surface area (Å²) in [5.74, 6) is 1.43. The number of benzene rings is 2. The van der Waals surface area contributed by atoms with Crippen LogP contribution in [0.1, 0.15) is 29.9 Å². The van der Waals surface area contributed by atoms with Crippen molar-refractivity contribution in [3.05, 3.63) is 71.5 Å². The zero-order valence-electron chi connectivity index (χ0n) is 17.1. The molecule has 2 heterocycles. The minimum absolute atomic E-state index is 0.407. The number of nitrogens with two attached hydrogens (primary N) is 2. The number of ether oxygens (including phenoxy) is 2. The van der Waals surface area contributed by atoms with Gasteiger partial charge >= 0.3 is 0 Å². The standard InChI is InChI=1S/C23H25N5O2/c1-3-29-22-12-20-18(11-19(22)24)23(25)28(14-27-20)17-7-8-21(15(2)10-17)30-13-16-6-4-5-9-26-16/h4-12,14,23H,3,13,24-25H2,1-2H3. The van der Waals surface area contributed by atoms with Crippen LogP contribution in [0.3, 0.4) is 0 Å². The Morgan fingerprint density at radius 3 is 2.67 bits per heavy atom. The van der Waals surface area contributed by atoms with Crippen LogP contribution in [0.5, 0.6) is 11.5 Å². The molecule has 1 atom stereocenters. The molecule has 7 heteroatoms. The van der Waals surface area contributed by atoms with E-state index in [1.165, 1.54) is 0 Å². The third kappa shape index (κ3) is 3.92. The molecule has 4 rings (SSSR count). The number of aromatic nitrogens is 1. The zero-order valence-corrected chi connectivity index (χ0v) is 17.1. The fourth-order valence-electron chi connectivity index (χ4n) is 3.40. The lowest BCUT2D eigenvalue weighted by Crippen LogP contribution is -2.35. The van der Waals surface area contributed by atoms with E-state index >= 15 is 0 Å². The molecule has 0 radical (unpaired) electrons. The molecular formula is C23H25N5O2. The molecule has 1 unspecified atom stereocenters. The summed E-state index contributed by atoms with van der Waals surface area (Å²) in [5, 5.41) is 0. The number of hydrogen-bond donors (Lipinski definition) is 2. The average molecular weight is 403 g/mol. The highest BCUT2D eigenvalue weighted by Gasteiger charge is 2.24. The third-order valence-electron chi connectivity index (χ3n) is 4.96. The minimum atomic E-state index is -0.407. The highest BCUT2D eigenvalue weighted by Crippen LogP contribution is 2.39. The van der Waals surface area contributed by atoms with Crippen molar-refractivity contribution in [1.82, 2.24) is 4.98 Å². The van der Waals surface area contributed by atoms with Crippen molar-refractivity contribution >= 4 is 23.4 Å². The van der Waals surface area contributed by atoms with Gasteiger partial charge in [-0.1, -0.05) is 6.07 Å². The highest BCUT2D eigenvalue weighted by molar-refractivity contribution is 5.87.